The van der Waals surface area contributed by atoms with Crippen LogP contribution in [-0.2, 0) is 13.0 Å². The lowest BCUT2D eigenvalue weighted by molar-refractivity contribution is 0.305. The van der Waals surface area contributed by atoms with Crippen LogP contribution in [-0.4, -0.2) is 4.57 Å². The van der Waals surface area contributed by atoms with Gasteiger partial charge in [0.25, 0.3) is 5.56 Å². The number of hydrogen-bond donors (Lipinski definition) is 0. The highest BCUT2D eigenvalue weighted by atomic mass is 16.5. The molecular weight excluding hydrogens is 336 g/mol. The van der Waals surface area contributed by atoms with Crippen LogP contribution in [0.2, 0.25) is 0 Å². The Balaban J connectivity index is 1.55. The van der Waals surface area contributed by atoms with E-state index < -0.39 is 0 Å². The van der Waals surface area contributed by atoms with E-state index in [-0.39, 0.29) is 5.56 Å². The normalized spacial score (nSPS) is 12.6. The van der Waals surface area contributed by atoms with Crippen molar-refractivity contribution >= 4 is 11.8 Å². The number of allylic oxidation sites excluding steroid dienone is 1. The van der Waals surface area contributed by atoms with E-state index in [1.165, 1.54) is 6.07 Å². The fraction of sp³-hybridized carbons (Fsp3) is 0.130. The Bertz CT molecular complexity index is 1110. The Labute approximate surface area is 157 Å². The molecule has 0 saturated heterocycles. The van der Waals surface area contributed by atoms with Crippen LogP contribution in [0.5, 0.6) is 5.75 Å². The lowest BCUT2D eigenvalue weighted by atomic mass is 9.93. The molecule has 1 aliphatic rings. The number of nitriles is 1. The molecule has 0 spiro atoms. The monoisotopic (exact) mass is 354 g/mol. The highest BCUT2D eigenvalue weighted by molar-refractivity contribution is 5.75. The number of fused-ring (bicyclic) bond motifs is 1. The number of hydrogen-bond acceptors (Lipinski definition) is 3. The van der Waals surface area contributed by atoms with E-state index in [4.69, 9.17) is 10.00 Å². The molecule has 0 aliphatic heterocycles. The largest absolute Gasteiger partial charge is 0.489 e. The number of aromatic nitrogens is 1. The summed E-state index contributed by atoms with van der Waals surface area (Å²) in [6.45, 7) is 0.432. The van der Waals surface area contributed by atoms with E-state index in [9.17, 15) is 4.79 Å². The average molecular weight is 354 g/mol. The van der Waals surface area contributed by atoms with Crippen molar-refractivity contribution in [2.45, 2.75) is 19.4 Å². The van der Waals surface area contributed by atoms with Crippen molar-refractivity contribution in [1.82, 2.24) is 4.57 Å². The summed E-state index contributed by atoms with van der Waals surface area (Å²) in [5.74, 6) is 0.565. The highest BCUT2D eigenvalue weighted by Crippen LogP contribution is 2.27. The molecule has 4 heteroatoms. The first-order valence-electron chi connectivity index (χ1n) is 8.86. The zero-order chi connectivity index (χ0) is 18.6. The number of pyridine rings is 1. The minimum Gasteiger partial charge on any atom is -0.489 e. The standard InChI is InChI=1S/C23H18N2O2/c24-15-18-6-7-20-13-21(9-8-19(20)12-18)25-11-10-22(14-23(25)26)27-16-17-4-2-1-3-5-17/h1-7,10-14H,8-9,16H2. The molecule has 132 valence electrons. The summed E-state index contributed by atoms with van der Waals surface area (Å²) in [4.78, 5) is 12.6. The second kappa shape index (κ2) is 7.35. The molecule has 0 saturated carbocycles. The maximum absolute atomic E-state index is 12.6. The van der Waals surface area contributed by atoms with Crippen molar-refractivity contribution in [2.24, 2.45) is 0 Å². The molecule has 1 aliphatic carbocycles. The van der Waals surface area contributed by atoms with Crippen molar-refractivity contribution in [1.29, 1.82) is 5.26 Å². The molecule has 27 heavy (non-hydrogen) atoms. The van der Waals surface area contributed by atoms with Crippen molar-refractivity contribution in [3.05, 3.63) is 99.5 Å². The van der Waals surface area contributed by atoms with Crippen LogP contribution in [0, 0.1) is 11.3 Å². The summed E-state index contributed by atoms with van der Waals surface area (Å²) in [5, 5.41) is 9.03. The molecule has 0 amide bonds. The smallest absolute Gasteiger partial charge is 0.258 e. The summed E-state index contributed by atoms with van der Waals surface area (Å²) in [7, 11) is 0. The van der Waals surface area contributed by atoms with E-state index in [1.54, 1.807) is 10.8 Å². The first-order chi connectivity index (χ1) is 13.2. The Kier molecular flexibility index (Phi) is 4.59. The van der Waals surface area contributed by atoms with Crippen LogP contribution in [0.15, 0.2) is 71.7 Å². The summed E-state index contributed by atoms with van der Waals surface area (Å²) in [6, 6.07) is 21.0. The van der Waals surface area contributed by atoms with Crippen LogP contribution in [0.4, 0.5) is 0 Å². The van der Waals surface area contributed by atoms with Gasteiger partial charge < -0.3 is 4.74 Å². The molecule has 0 unspecified atom stereocenters. The van der Waals surface area contributed by atoms with E-state index in [2.05, 4.69) is 6.07 Å². The van der Waals surface area contributed by atoms with Gasteiger partial charge in [0.05, 0.1) is 11.6 Å². The molecule has 1 heterocycles. The fourth-order valence-electron chi connectivity index (χ4n) is 3.27. The predicted octanol–water partition coefficient (Wildman–Crippen LogP) is 4.24. The zero-order valence-corrected chi connectivity index (χ0v) is 14.8. The second-order valence-electron chi connectivity index (χ2n) is 6.51. The minimum absolute atomic E-state index is 0.107. The van der Waals surface area contributed by atoms with Gasteiger partial charge >= 0.3 is 0 Å². The topological polar surface area (TPSA) is 55.0 Å². The van der Waals surface area contributed by atoms with E-state index >= 15 is 0 Å². The number of aryl methyl sites for hydroxylation is 1. The molecule has 3 aromatic rings. The summed E-state index contributed by atoms with van der Waals surface area (Å²) < 4.78 is 7.40. The van der Waals surface area contributed by atoms with Crippen LogP contribution >= 0.6 is 0 Å². The summed E-state index contributed by atoms with van der Waals surface area (Å²) in [5.41, 5.74) is 4.78. The van der Waals surface area contributed by atoms with Gasteiger partial charge in [-0.2, -0.15) is 5.26 Å². The number of benzene rings is 2. The van der Waals surface area contributed by atoms with Crippen LogP contribution in [0.1, 0.15) is 28.7 Å². The minimum atomic E-state index is -0.107. The lowest BCUT2D eigenvalue weighted by Crippen LogP contribution is -2.19. The third-order valence-corrected chi connectivity index (χ3v) is 4.69. The molecule has 1 aromatic heterocycles. The van der Waals surface area contributed by atoms with Gasteiger partial charge in [-0.3, -0.25) is 9.36 Å². The van der Waals surface area contributed by atoms with E-state index in [0.29, 0.717) is 17.9 Å². The third kappa shape index (κ3) is 3.68. The van der Waals surface area contributed by atoms with Crippen LogP contribution in [0.3, 0.4) is 0 Å². The average Bonchev–Trinajstić information content (AvgIpc) is 2.72. The van der Waals surface area contributed by atoms with Crippen molar-refractivity contribution < 1.29 is 4.74 Å². The molecular formula is C23H18N2O2. The summed E-state index contributed by atoms with van der Waals surface area (Å²) >= 11 is 0. The summed E-state index contributed by atoms with van der Waals surface area (Å²) in [6.07, 6.45) is 5.36. The molecule has 0 atom stereocenters. The number of nitrogens with zero attached hydrogens (tertiary/aromatic N) is 2. The highest BCUT2D eigenvalue weighted by Gasteiger charge is 2.13. The van der Waals surface area contributed by atoms with Gasteiger partial charge in [-0.25, -0.2) is 0 Å². The maximum Gasteiger partial charge on any atom is 0.258 e. The number of ether oxygens (including phenoxy) is 1. The first kappa shape index (κ1) is 16.9. The van der Waals surface area contributed by atoms with Gasteiger partial charge in [0.15, 0.2) is 0 Å². The lowest BCUT2D eigenvalue weighted by Gasteiger charge is -2.18. The van der Waals surface area contributed by atoms with Crippen molar-refractivity contribution in [2.75, 3.05) is 0 Å². The fourth-order valence-corrected chi connectivity index (χ4v) is 3.27. The van der Waals surface area contributed by atoms with Gasteiger partial charge in [-0.05, 0) is 53.8 Å². The Morgan fingerprint density at radius 1 is 1.04 bits per heavy atom. The van der Waals surface area contributed by atoms with Crippen molar-refractivity contribution in [3.8, 4) is 11.8 Å². The maximum atomic E-state index is 12.6. The quantitative estimate of drug-likeness (QED) is 0.704. The van der Waals surface area contributed by atoms with E-state index in [0.717, 1.165) is 35.2 Å². The Hall–Kier alpha value is -3.58. The van der Waals surface area contributed by atoms with E-state index in [1.807, 2.05) is 60.7 Å². The molecule has 0 N–H and O–H groups in total. The number of rotatable bonds is 4. The van der Waals surface area contributed by atoms with Gasteiger partial charge in [0.2, 0.25) is 0 Å². The second-order valence-corrected chi connectivity index (χ2v) is 6.51. The molecule has 0 fully saturated rings. The van der Waals surface area contributed by atoms with Crippen molar-refractivity contribution in [3.63, 3.8) is 0 Å². The van der Waals surface area contributed by atoms with Gasteiger partial charge in [-0.1, -0.05) is 36.4 Å². The molecule has 0 bridgehead atoms. The van der Waals surface area contributed by atoms with Gasteiger partial charge in [0.1, 0.15) is 12.4 Å². The van der Waals surface area contributed by atoms with Crippen LogP contribution in [0.25, 0.3) is 11.8 Å². The molecule has 4 nitrogen and oxygen atoms in total. The third-order valence-electron chi connectivity index (χ3n) is 4.69. The molecule has 2 aromatic carbocycles. The zero-order valence-electron chi connectivity index (χ0n) is 14.8. The SMILES string of the molecule is N#Cc1ccc2c(c1)CCC(n1ccc(OCc3ccccc3)cc1=O)=C2. The molecule has 0 radical (unpaired) electrons. The predicted molar refractivity (Wildman–Crippen MR) is 105 cm³/mol. The van der Waals surface area contributed by atoms with Gasteiger partial charge in [0, 0.05) is 18.0 Å². The van der Waals surface area contributed by atoms with Gasteiger partial charge in [-0.15, -0.1) is 0 Å². The Morgan fingerprint density at radius 2 is 1.89 bits per heavy atom. The first-order valence-corrected chi connectivity index (χ1v) is 8.86. The Morgan fingerprint density at radius 3 is 2.67 bits per heavy atom. The molecule has 4 rings (SSSR count). The van der Waals surface area contributed by atoms with Crippen LogP contribution < -0.4 is 10.3 Å².